The van der Waals surface area contributed by atoms with Crippen LogP contribution in [0.1, 0.15) is 40.4 Å². The number of carbonyl (C=O) groups is 2. The van der Waals surface area contributed by atoms with Crippen molar-refractivity contribution in [3.05, 3.63) is 23.7 Å². The second-order valence-corrected chi connectivity index (χ2v) is 4.25. The lowest BCUT2D eigenvalue weighted by Crippen LogP contribution is -2.40. The van der Waals surface area contributed by atoms with E-state index in [4.69, 9.17) is 14.3 Å². The largest absolute Gasteiger partial charge is 0.475 e. The fourth-order valence-electron chi connectivity index (χ4n) is 2.19. The van der Waals surface area contributed by atoms with E-state index in [0.29, 0.717) is 0 Å². The van der Waals surface area contributed by atoms with Gasteiger partial charge in [0, 0.05) is 7.11 Å². The summed E-state index contributed by atoms with van der Waals surface area (Å²) >= 11 is 0. The molecule has 2 atom stereocenters. The van der Waals surface area contributed by atoms with Crippen LogP contribution in [0.3, 0.4) is 0 Å². The Balaban J connectivity index is 2.00. The first kappa shape index (κ1) is 12.6. The van der Waals surface area contributed by atoms with E-state index in [1.165, 1.54) is 12.1 Å². The zero-order valence-electron chi connectivity index (χ0n) is 10.0. The Bertz CT molecular complexity index is 453. The standard InChI is InChI=1S/C12H15NO5/c1-17-8-4-2-3-7(8)13-11(14)9-5-6-10(18-9)12(15)16/h5-8H,2-4H2,1H3,(H,13,14)(H,15,16). The highest BCUT2D eigenvalue weighted by Crippen LogP contribution is 2.22. The first-order valence-electron chi connectivity index (χ1n) is 5.78. The van der Waals surface area contributed by atoms with Gasteiger partial charge in [0.25, 0.3) is 5.91 Å². The summed E-state index contributed by atoms with van der Waals surface area (Å²) < 4.78 is 10.2. The summed E-state index contributed by atoms with van der Waals surface area (Å²) in [5, 5.41) is 11.5. The highest BCUT2D eigenvalue weighted by atomic mass is 16.5. The fourth-order valence-corrected chi connectivity index (χ4v) is 2.19. The number of amides is 1. The van der Waals surface area contributed by atoms with Crippen molar-refractivity contribution < 1.29 is 23.8 Å². The van der Waals surface area contributed by atoms with Crippen molar-refractivity contribution in [1.82, 2.24) is 5.32 Å². The summed E-state index contributed by atoms with van der Waals surface area (Å²) in [6, 6.07) is 2.58. The van der Waals surface area contributed by atoms with Gasteiger partial charge in [0.1, 0.15) is 0 Å². The molecule has 18 heavy (non-hydrogen) atoms. The number of nitrogens with one attached hydrogen (secondary N) is 1. The Labute approximate surface area is 104 Å². The number of aromatic carboxylic acids is 1. The number of furan rings is 1. The third-order valence-corrected chi connectivity index (χ3v) is 3.11. The van der Waals surface area contributed by atoms with Gasteiger partial charge in [-0.3, -0.25) is 4.79 Å². The van der Waals surface area contributed by atoms with Crippen LogP contribution in [0.4, 0.5) is 0 Å². The van der Waals surface area contributed by atoms with Crippen LogP contribution in [0.2, 0.25) is 0 Å². The van der Waals surface area contributed by atoms with Crippen LogP contribution in [0.5, 0.6) is 0 Å². The molecule has 1 aliphatic rings. The molecule has 98 valence electrons. The van der Waals surface area contributed by atoms with Gasteiger partial charge < -0.3 is 19.6 Å². The van der Waals surface area contributed by atoms with Crippen molar-refractivity contribution in [3.63, 3.8) is 0 Å². The zero-order chi connectivity index (χ0) is 13.1. The molecule has 2 N–H and O–H groups in total. The van der Waals surface area contributed by atoms with E-state index in [1.54, 1.807) is 7.11 Å². The number of methoxy groups -OCH3 is 1. The number of carboxylic acids is 1. The SMILES string of the molecule is COC1CCCC1NC(=O)c1ccc(C(=O)O)o1. The summed E-state index contributed by atoms with van der Waals surface area (Å²) in [5.74, 6) is -1.83. The summed E-state index contributed by atoms with van der Waals surface area (Å²) in [7, 11) is 1.62. The zero-order valence-corrected chi connectivity index (χ0v) is 10.0. The molecule has 6 nitrogen and oxygen atoms in total. The molecule has 0 radical (unpaired) electrons. The molecule has 0 aromatic carbocycles. The van der Waals surface area contributed by atoms with E-state index in [9.17, 15) is 9.59 Å². The van der Waals surface area contributed by atoms with E-state index in [-0.39, 0.29) is 23.7 Å². The number of ether oxygens (including phenoxy) is 1. The molecule has 2 unspecified atom stereocenters. The van der Waals surface area contributed by atoms with Gasteiger partial charge in [-0.1, -0.05) is 0 Å². The third-order valence-electron chi connectivity index (χ3n) is 3.11. The van der Waals surface area contributed by atoms with Crippen LogP contribution in [-0.2, 0) is 4.74 Å². The molecule has 0 aliphatic heterocycles. The van der Waals surface area contributed by atoms with Crippen LogP contribution < -0.4 is 5.32 Å². The molecular weight excluding hydrogens is 238 g/mol. The Morgan fingerprint density at radius 3 is 2.72 bits per heavy atom. The van der Waals surface area contributed by atoms with Crippen molar-refractivity contribution in [1.29, 1.82) is 0 Å². The number of rotatable bonds is 4. The fraction of sp³-hybridized carbons (Fsp3) is 0.500. The number of hydrogen-bond donors (Lipinski definition) is 2. The second-order valence-electron chi connectivity index (χ2n) is 4.25. The lowest BCUT2D eigenvalue weighted by molar-refractivity contribution is 0.0651. The topological polar surface area (TPSA) is 88.8 Å². The van der Waals surface area contributed by atoms with Gasteiger partial charge in [-0.25, -0.2) is 4.79 Å². The molecule has 1 saturated carbocycles. The summed E-state index contributed by atoms with van der Waals surface area (Å²) in [6.07, 6.45) is 2.79. The molecule has 0 spiro atoms. The molecule has 1 aromatic rings. The minimum absolute atomic E-state index is 0.00848. The molecule has 0 saturated heterocycles. The maximum atomic E-state index is 11.8. The van der Waals surface area contributed by atoms with Gasteiger partial charge in [0.2, 0.25) is 5.76 Å². The van der Waals surface area contributed by atoms with Crippen molar-refractivity contribution in [2.75, 3.05) is 7.11 Å². The van der Waals surface area contributed by atoms with Crippen LogP contribution in [-0.4, -0.2) is 36.2 Å². The number of hydrogen-bond acceptors (Lipinski definition) is 4. The van der Waals surface area contributed by atoms with E-state index in [2.05, 4.69) is 5.32 Å². The van der Waals surface area contributed by atoms with Gasteiger partial charge in [0.05, 0.1) is 12.1 Å². The molecule has 1 aromatic heterocycles. The maximum Gasteiger partial charge on any atom is 0.371 e. The van der Waals surface area contributed by atoms with Crippen molar-refractivity contribution in [3.8, 4) is 0 Å². The predicted octanol–water partition coefficient (Wildman–Crippen LogP) is 1.28. The highest BCUT2D eigenvalue weighted by molar-refractivity contribution is 5.93. The normalized spacial score (nSPS) is 22.9. The molecule has 6 heteroatoms. The summed E-state index contributed by atoms with van der Waals surface area (Å²) in [6.45, 7) is 0. The summed E-state index contributed by atoms with van der Waals surface area (Å²) in [5.41, 5.74) is 0. The van der Waals surface area contributed by atoms with Crippen LogP contribution in [0.25, 0.3) is 0 Å². The smallest absolute Gasteiger partial charge is 0.371 e. The average Bonchev–Trinajstić information content (AvgIpc) is 2.96. The molecule has 1 amide bonds. The first-order valence-corrected chi connectivity index (χ1v) is 5.78. The van der Waals surface area contributed by atoms with Crippen molar-refractivity contribution in [2.45, 2.75) is 31.4 Å². The monoisotopic (exact) mass is 253 g/mol. The Morgan fingerprint density at radius 2 is 2.11 bits per heavy atom. The minimum atomic E-state index is -1.19. The van der Waals surface area contributed by atoms with E-state index >= 15 is 0 Å². The number of carbonyl (C=O) groups excluding carboxylic acids is 1. The molecule has 2 rings (SSSR count). The number of carboxylic acid groups (broad SMARTS) is 1. The Hall–Kier alpha value is -1.82. The molecule has 1 heterocycles. The Kier molecular flexibility index (Phi) is 3.66. The maximum absolute atomic E-state index is 11.8. The van der Waals surface area contributed by atoms with Gasteiger partial charge >= 0.3 is 5.97 Å². The highest BCUT2D eigenvalue weighted by Gasteiger charge is 2.29. The van der Waals surface area contributed by atoms with E-state index in [1.807, 2.05) is 0 Å². The molecular formula is C12H15NO5. The first-order chi connectivity index (χ1) is 8.61. The molecule has 1 aliphatic carbocycles. The van der Waals surface area contributed by atoms with Gasteiger partial charge in [-0.05, 0) is 31.4 Å². The third kappa shape index (κ3) is 2.53. The summed E-state index contributed by atoms with van der Waals surface area (Å²) in [4.78, 5) is 22.5. The second kappa shape index (κ2) is 5.22. The lowest BCUT2D eigenvalue weighted by Gasteiger charge is -2.18. The van der Waals surface area contributed by atoms with E-state index < -0.39 is 11.9 Å². The van der Waals surface area contributed by atoms with Gasteiger partial charge in [0.15, 0.2) is 5.76 Å². The van der Waals surface area contributed by atoms with Crippen LogP contribution in [0, 0.1) is 0 Å². The minimum Gasteiger partial charge on any atom is -0.475 e. The van der Waals surface area contributed by atoms with Crippen molar-refractivity contribution in [2.24, 2.45) is 0 Å². The average molecular weight is 253 g/mol. The quantitative estimate of drug-likeness (QED) is 0.843. The lowest BCUT2D eigenvalue weighted by atomic mass is 10.2. The van der Waals surface area contributed by atoms with Crippen molar-refractivity contribution >= 4 is 11.9 Å². The van der Waals surface area contributed by atoms with Gasteiger partial charge in [-0.15, -0.1) is 0 Å². The van der Waals surface area contributed by atoms with E-state index in [0.717, 1.165) is 19.3 Å². The Morgan fingerprint density at radius 1 is 1.39 bits per heavy atom. The molecule has 1 fully saturated rings. The van der Waals surface area contributed by atoms with Crippen LogP contribution in [0.15, 0.2) is 16.5 Å². The van der Waals surface area contributed by atoms with Crippen LogP contribution >= 0.6 is 0 Å². The molecule has 0 bridgehead atoms. The predicted molar refractivity (Wildman–Crippen MR) is 61.6 cm³/mol. The van der Waals surface area contributed by atoms with Gasteiger partial charge in [-0.2, -0.15) is 0 Å².